The van der Waals surface area contributed by atoms with Crippen molar-refractivity contribution in [2.24, 2.45) is 0 Å². The summed E-state index contributed by atoms with van der Waals surface area (Å²) in [5, 5.41) is 11.4. The van der Waals surface area contributed by atoms with E-state index in [1.165, 1.54) is 5.56 Å². The maximum atomic E-state index is 5.39. The van der Waals surface area contributed by atoms with Gasteiger partial charge in [-0.1, -0.05) is 52.3 Å². The van der Waals surface area contributed by atoms with Crippen molar-refractivity contribution in [2.45, 2.75) is 134 Å². The third-order valence-electron chi connectivity index (χ3n) is 11.7. The van der Waals surface area contributed by atoms with E-state index in [1.54, 1.807) is 0 Å². The molecule has 0 aliphatic carbocycles. The number of halogens is 1. The molecule has 3 aliphatic heterocycles. The SMILES string of the molecule is CN1CCC(c2ccc(-c3ccnc(NC4CC(C)(C)NC(C)(C)C4)n3)cc2)(N(c2nccc(-c3ccc(Br)cc3)n2)C2CC(C)(C)NC(C)(C)C2)CC1. The fourth-order valence-corrected chi connectivity index (χ4v) is 10.5. The van der Waals surface area contributed by atoms with Crippen molar-refractivity contribution < 1.29 is 0 Å². The molecular weight excluding hydrogens is 734 g/mol. The predicted molar refractivity (Wildman–Crippen MR) is 226 cm³/mol. The summed E-state index contributed by atoms with van der Waals surface area (Å²) in [5.41, 5.74) is 5.00. The molecule has 4 aromatic rings. The van der Waals surface area contributed by atoms with Crippen molar-refractivity contribution in [1.82, 2.24) is 35.5 Å². The second kappa shape index (κ2) is 14.6. The fourth-order valence-electron chi connectivity index (χ4n) is 10.2. The summed E-state index contributed by atoms with van der Waals surface area (Å²) in [6.07, 6.45) is 9.77. The number of benzene rings is 2. The lowest BCUT2D eigenvalue weighted by Gasteiger charge is -2.56. The number of anilines is 2. The minimum atomic E-state index is -0.301. The Morgan fingerprint density at radius 2 is 1.17 bits per heavy atom. The summed E-state index contributed by atoms with van der Waals surface area (Å²) >= 11 is 3.61. The molecule has 7 rings (SSSR count). The van der Waals surface area contributed by atoms with Crippen LogP contribution in [0, 0.1) is 0 Å². The van der Waals surface area contributed by atoms with Crippen LogP contribution in [0.4, 0.5) is 11.9 Å². The number of hydrogen-bond acceptors (Lipinski definition) is 9. The lowest BCUT2D eigenvalue weighted by Crippen LogP contribution is -2.66. The van der Waals surface area contributed by atoms with Gasteiger partial charge in [0.2, 0.25) is 11.9 Å². The van der Waals surface area contributed by atoms with Crippen LogP contribution in [-0.4, -0.2) is 79.2 Å². The number of hydrogen-bond donors (Lipinski definition) is 3. The first-order valence-electron chi connectivity index (χ1n) is 19.8. The standard InChI is InChI=1S/C44H60BrN9/c1-40(2)26-34(27-41(3,4)51-40)48-38-46-22-18-36(49-38)30-10-14-32(15-11-30)44(20-24-53(9)25-21-44)54(35-28-42(5,6)52-43(7,8)29-35)39-47-23-19-37(50-39)31-12-16-33(45)17-13-31/h10-19,22-23,34-35,51-52H,20-21,24-29H2,1-9H3,(H,46,48,49). The first-order valence-corrected chi connectivity index (χ1v) is 20.6. The van der Waals surface area contributed by atoms with Crippen LogP contribution in [0.25, 0.3) is 22.5 Å². The van der Waals surface area contributed by atoms with E-state index in [9.17, 15) is 0 Å². The Morgan fingerprint density at radius 1 is 0.667 bits per heavy atom. The molecule has 10 heteroatoms. The molecule has 0 spiro atoms. The first-order chi connectivity index (χ1) is 25.4. The van der Waals surface area contributed by atoms with Gasteiger partial charge in [0.15, 0.2) is 0 Å². The maximum Gasteiger partial charge on any atom is 0.226 e. The Bertz CT molecular complexity index is 1880. The Kier molecular flexibility index (Phi) is 10.5. The summed E-state index contributed by atoms with van der Waals surface area (Å²) < 4.78 is 1.05. The lowest BCUT2D eigenvalue weighted by atomic mass is 9.73. The minimum Gasteiger partial charge on any atom is -0.351 e. The molecule has 0 radical (unpaired) electrons. The monoisotopic (exact) mass is 793 g/mol. The van der Waals surface area contributed by atoms with Gasteiger partial charge in [-0.15, -0.1) is 0 Å². The molecule has 3 aliphatic rings. The highest BCUT2D eigenvalue weighted by molar-refractivity contribution is 9.10. The first kappa shape index (κ1) is 38.8. The van der Waals surface area contributed by atoms with Gasteiger partial charge in [-0.25, -0.2) is 19.9 Å². The molecule has 3 saturated heterocycles. The van der Waals surface area contributed by atoms with Crippen molar-refractivity contribution in [3.8, 4) is 22.5 Å². The highest BCUT2D eigenvalue weighted by Crippen LogP contribution is 2.46. The molecule has 3 fully saturated rings. The van der Waals surface area contributed by atoms with Gasteiger partial charge in [0.1, 0.15) is 0 Å². The van der Waals surface area contributed by atoms with Gasteiger partial charge in [0.25, 0.3) is 0 Å². The van der Waals surface area contributed by atoms with E-state index in [4.69, 9.17) is 15.0 Å². The molecule has 0 atom stereocenters. The van der Waals surface area contributed by atoms with Gasteiger partial charge in [0, 0.05) is 75.3 Å². The molecule has 0 bridgehead atoms. The van der Waals surface area contributed by atoms with Crippen LogP contribution < -0.4 is 20.9 Å². The fraction of sp³-hybridized carbons (Fsp3) is 0.545. The van der Waals surface area contributed by atoms with Crippen molar-refractivity contribution in [3.63, 3.8) is 0 Å². The number of nitrogens with one attached hydrogen (secondary N) is 3. The van der Waals surface area contributed by atoms with Crippen LogP contribution in [0.3, 0.4) is 0 Å². The third-order valence-corrected chi connectivity index (χ3v) is 12.2. The van der Waals surface area contributed by atoms with Crippen LogP contribution in [0.2, 0.25) is 0 Å². The topological polar surface area (TPSA) is 94.1 Å². The quantitative estimate of drug-likeness (QED) is 0.162. The summed E-state index contributed by atoms with van der Waals surface area (Å²) in [5.74, 6) is 1.49. The average molecular weight is 795 g/mol. The van der Waals surface area contributed by atoms with Crippen molar-refractivity contribution in [3.05, 3.63) is 83.1 Å². The highest BCUT2D eigenvalue weighted by atomic mass is 79.9. The minimum absolute atomic E-state index is 0.0373. The molecule has 9 nitrogen and oxygen atoms in total. The van der Waals surface area contributed by atoms with Crippen molar-refractivity contribution in [2.75, 3.05) is 30.4 Å². The van der Waals surface area contributed by atoms with Gasteiger partial charge >= 0.3 is 0 Å². The Hall–Kier alpha value is -3.44. The summed E-state index contributed by atoms with van der Waals surface area (Å²) in [6.45, 7) is 20.4. The molecule has 0 saturated carbocycles. The average Bonchev–Trinajstić information content (AvgIpc) is 3.07. The van der Waals surface area contributed by atoms with Crippen molar-refractivity contribution in [1.29, 1.82) is 0 Å². The molecule has 5 heterocycles. The zero-order valence-corrected chi connectivity index (χ0v) is 35.4. The van der Waals surface area contributed by atoms with Gasteiger partial charge < -0.3 is 25.8 Å². The van der Waals surface area contributed by atoms with E-state index < -0.39 is 0 Å². The van der Waals surface area contributed by atoms with Crippen molar-refractivity contribution >= 4 is 27.8 Å². The van der Waals surface area contributed by atoms with E-state index in [0.717, 1.165) is 84.6 Å². The van der Waals surface area contributed by atoms with Gasteiger partial charge in [-0.2, -0.15) is 0 Å². The van der Waals surface area contributed by atoms with Crippen LogP contribution in [0.15, 0.2) is 77.5 Å². The summed E-state index contributed by atoms with van der Waals surface area (Å²) in [4.78, 5) is 25.3. The van der Waals surface area contributed by atoms with Crippen LogP contribution >= 0.6 is 15.9 Å². The largest absolute Gasteiger partial charge is 0.351 e. The summed E-state index contributed by atoms with van der Waals surface area (Å²) in [7, 11) is 2.24. The number of piperidine rings is 3. The molecular formula is C44H60BrN9. The Morgan fingerprint density at radius 3 is 1.74 bits per heavy atom. The number of likely N-dealkylation sites (tertiary alicyclic amines) is 1. The Balaban J connectivity index is 1.27. The second-order valence-corrected chi connectivity index (χ2v) is 19.8. The zero-order valence-electron chi connectivity index (χ0n) is 33.8. The second-order valence-electron chi connectivity index (χ2n) is 18.9. The molecule has 288 valence electrons. The third kappa shape index (κ3) is 8.67. The summed E-state index contributed by atoms with van der Waals surface area (Å²) in [6, 6.07) is 22.2. The lowest BCUT2D eigenvalue weighted by molar-refractivity contribution is 0.117. The van der Waals surface area contributed by atoms with E-state index in [0.29, 0.717) is 12.0 Å². The number of nitrogens with zero attached hydrogens (tertiary/aromatic N) is 6. The maximum absolute atomic E-state index is 5.39. The zero-order chi connectivity index (χ0) is 38.5. The molecule has 0 unspecified atom stereocenters. The van der Waals surface area contributed by atoms with Crippen LogP contribution in [0.5, 0.6) is 0 Å². The van der Waals surface area contributed by atoms with Crippen LogP contribution in [-0.2, 0) is 5.54 Å². The normalized spacial score (nSPS) is 22.4. The molecule has 54 heavy (non-hydrogen) atoms. The molecule has 0 amide bonds. The smallest absolute Gasteiger partial charge is 0.226 e. The number of rotatable bonds is 8. The Labute approximate surface area is 331 Å². The van der Waals surface area contributed by atoms with E-state index in [1.807, 2.05) is 24.5 Å². The van der Waals surface area contributed by atoms with E-state index >= 15 is 0 Å². The van der Waals surface area contributed by atoms with Gasteiger partial charge in [0.05, 0.1) is 16.9 Å². The number of aromatic nitrogens is 4. The molecule has 3 N–H and O–H groups in total. The van der Waals surface area contributed by atoms with Crippen LogP contribution in [0.1, 0.15) is 99.5 Å². The van der Waals surface area contributed by atoms with Gasteiger partial charge in [-0.05, 0) is 131 Å². The van der Waals surface area contributed by atoms with Gasteiger partial charge in [-0.3, -0.25) is 0 Å². The van der Waals surface area contributed by atoms with E-state index in [-0.39, 0.29) is 33.7 Å². The molecule has 2 aromatic carbocycles. The molecule has 2 aromatic heterocycles. The van der Waals surface area contributed by atoms with E-state index in [2.05, 4.69) is 158 Å². The predicted octanol–water partition coefficient (Wildman–Crippen LogP) is 8.82. The highest BCUT2D eigenvalue weighted by Gasteiger charge is 2.50.